The van der Waals surface area contributed by atoms with E-state index in [9.17, 15) is 9.59 Å². The number of hydrogen-bond acceptors (Lipinski definition) is 3. The Morgan fingerprint density at radius 2 is 2.17 bits per heavy atom. The molecule has 2 N–H and O–H groups in total. The van der Waals surface area contributed by atoms with Crippen LogP contribution in [-0.2, 0) is 15.0 Å². The summed E-state index contributed by atoms with van der Waals surface area (Å²) in [6, 6.07) is 5.47. The molecule has 1 aromatic heterocycles. The van der Waals surface area contributed by atoms with Gasteiger partial charge in [-0.15, -0.1) is 0 Å². The van der Waals surface area contributed by atoms with Crippen LogP contribution in [0.1, 0.15) is 30.9 Å². The van der Waals surface area contributed by atoms with E-state index in [4.69, 9.17) is 11.6 Å². The fraction of sp³-hybridized carbons (Fsp3) is 0.312. The van der Waals surface area contributed by atoms with E-state index in [1.165, 1.54) is 0 Å². The number of anilines is 2. The summed E-state index contributed by atoms with van der Waals surface area (Å²) in [5.41, 5.74) is 1.15. The number of fused-ring (bicyclic) bond motifs is 4. The van der Waals surface area contributed by atoms with Crippen molar-refractivity contribution < 1.29 is 9.59 Å². The lowest BCUT2D eigenvalue weighted by Gasteiger charge is -2.31. The number of halogens is 1. The van der Waals surface area contributed by atoms with Crippen molar-refractivity contribution in [3.63, 3.8) is 0 Å². The largest absolute Gasteiger partial charge is 0.311 e. The number of H-pyrrole nitrogens is 1. The Balaban J connectivity index is 2.03. The topological polar surface area (TPSA) is 78.1 Å². The van der Waals surface area contributed by atoms with Gasteiger partial charge in [-0.25, -0.2) is 0 Å². The lowest BCUT2D eigenvalue weighted by atomic mass is 9.72. The number of hydrogen-bond donors (Lipinski definition) is 2. The summed E-state index contributed by atoms with van der Waals surface area (Å²) >= 11 is 6.39. The van der Waals surface area contributed by atoms with Crippen molar-refractivity contribution in [1.29, 1.82) is 0 Å². The molecule has 0 bridgehead atoms. The van der Waals surface area contributed by atoms with Gasteiger partial charge in [-0.2, -0.15) is 5.10 Å². The molecule has 0 saturated heterocycles. The van der Waals surface area contributed by atoms with Gasteiger partial charge in [-0.1, -0.05) is 30.7 Å². The number of aromatic nitrogens is 2. The standard InChI is InChI=1S/C16H15ClN4O2/c1-2-6-21-13-9(4-3-5-11(13)17)16(15(21)23)7-12(22)19-14-10(16)8-18-20-14/h3-5,8H,2,6-7H2,1H3,(H2,18,19,20,22). The maximum absolute atomic E-state index is 13.3. The van der Waals surface area contributed by atoms with E-state index in [2.05, 4.69) is 15.5 Å². The second kappa shape index (κ2) is 4.83. The van der Waals surface area contributed by atoms with Gasteiger partial charge in [0.25, 0.3) is 0 Å². The van der Waals surface area contributed by atoms with E-state index in [1.54, 1.807) is 17.2 Å². The van der Waals surface area contributed by atoms with Crippen LogP contribution < -0.4 is 10.2 Å². The molecule has 23 heavy (non-hydrogen) atoms. The SMILES string of the molecule is CCCN1C(=O)C2(CC(=O)Nc3[nH]ncc32)c2cccc(Cl)c21. The summed E-state index contributed by atoms with van der Waals surface area (Å²) in [7, 11) is 0. The minimum atomic E-state index is -1.04. The highest BCUT2D eigenvalue weighted by Gasteiger charge is 2.57. The Hall–Kier alpha value is -2.34. The predicted molar refractivity (Wildman–Crippen MR) is 86.7 cm³/mol. The number of rotatable bonds is 2. The van der Waals surface area contributed by atoms with E-state index in [0.717, 1.165) is 12.0 Å². The zero-order valence-electron chi connectivity index (χ0n) is 12.5. The lowest BCUT2D eigenvalue weighted by Crippen LogP contribution is -2.46. The number of aromatic amines is 1. The molecule has 0 aliphatic carbocycles. The Bertz CT molecular complexity index is 831. The van der Waals surface area contributed by atoms with Crippen molar-refractivity contribution in [2.75, 3.05) is 16.8 Å². The van der Waals surface area contributed by atoms with E-state index in [-0.39, 0.29) is 18.2 Å². The van der Waals surface area contributed by atoms with Gasteiger partial charge in [-0.05, 0) is 18.1 Å². The molecule has 1 atom stereocenters. The highest BCUT2D eigenvalue weighted by Crippen LogP contribution is 2.53. The molecule has 0 fully saturated rings. The van der Waals surface area contributed by atoms with Crippen LogP contribution in [0.2, 0.25) is 5.02 Å². The third-order valence-electron chi connectivity index (χ3n) is 4.56. The van der Waals surface area contributed by atoms with Gasteiger partial charge in [-0.3, -0.25) is 14.7 Å². The third kappa shape index (κ3) is 1.72. The molecule has 2 aromatic rings. The second-order valence-electron chi connectivity index (χ2n) is 5.88. The van der Waals surface area contributed by atoms with Crippen LogP contribution in [-0.4, -0.2) is 28.6 Å². The van der Waals surface area contributed by atoms with Crippen LogP contribution in [0, 0.1) is 0 Å². The number of benzene rings is 1. The first-order chi connectivity index (χ1) is 11.1. The van der Waals surface area contributed by atoms with Crippen molar-refractivity contribution in [2.24, 2.45) is 0 Å². The molecule has 7 heteroatoms. The van der Waals surface area contributed by atoms with Crippen molar-refractivity contribution in [3.8, 4) is 0 Å². The van der Waals surface area contributed by atoms with Crippen molar-refractivity contribution in [3.05, 3.63) is 40.5 Å². The van der Waals surface area contributed by atoms with Crippen LogP contribution in [0.5, 0.6) is 0 Å². The number of carbonyl (C=O) groups excluding carboxylic acids is 2. The molecular weight excluding hydrogens is 316 g/mol. The summed E-state index contributed by atoms with van der Waals surface area (Å²) < 4.78 is 0. The molecule has 2 aliphatic heterocycles. The maximum atomic E-state index is 13.3. The Morgan fingerprint density at radius 1 is 1.35 bits per heavy atom. The smallest absolute Gasteiger partial charge is 0.242 e. The normalized spacial score (nSPS) is 22.3. The zero-order valence-corrected chi connectivity index (χ0v) is 13.3. The molecule has 6 nitrogen and oxygen atoms in total. The highest BCUT2D eigenvalue weighted by atomic mass is 35.5. The minimum Gasteiger partial charge on any atom is -0.311 e. The van der Waals surface area contributed by atoms with E-state index in [0.29, 0.717) is 28.6 Å². The van der Waals surface area contributed by atoms with E-state index >= 15 is 0 Å². The second-order valence-corrected chi connectivity index (χ2v) is 6.29. The maximum Gasteiger partial charge on any atom is 0.242 e. The van der Waals surface area contributed by atoms with Crippen LogP contribution in [0.15, 0.2) is 24.4 Å². The van der Waals surface area contributed by atoms with Crippen molar-refractivity contribution in [2.45, 2.75) is 25.2 Å². The average molecular weight is 331 g/mol. The van der Waals surface area contributed by atoms with E-state index < -0.39 is 5.41 Å². The van der Waals surface area contributed by atoms with Crippen molar-refractivity contribution in [1.82, 2.24) is 10.2 Å². The Kier molecular flexibility index (Phi) is 2.99. The molecule has 118 valence electrons. The molecule has 1 aromatic carbocycles. The predicted octanol–water partition coefficient (Wildman–Crippen LogP) is 2.45. The summed E-state index contributed by atoms with van der Waals surface area (Å²) in [6.45, 7) is 2.57. The van der Waals surface area contributed by atoms with Crippen LogP contribution >= 0.6 is 11.6 Å². The molecule has 0 saturated carbocycles. The quantitative estimate of drug-likeness (QED) is 0.887. The highest BCUT2D eigenvalue weighted by molar-refractivity contribution is 6.35. The van der Waals surface area contributed by atoms with Gasteiger partial charge in [0.2, 0.25) is 11.8 Å². The molecule has 2 aliphatic rings. The zero-order chi connectivity index (χ0) is 16.2. The Labute approximate surface area is 137 Å². The average Bonchev–Trinajstić information content (AvgIpc) is 3.07. The third-order valence-corrected chi connectivity index (χ3v) is 4.87. The molecule has 0 radical (unpaired) electrons. The van der Waals surface area contributed by atoms with Gasteiger partial charge >= 0.3 is 0 Å². The number of nitrogens with zero attached hydrogens (tertiary/aromatic N) is 2. The lowest BCUT2D eigenvalue weighted by molar-refractivity contribution is -0.126. The van der Waals surface area contributed by atoms with Gasteiger partial charge in [0.1, 0.15) is 11.2 Å². The Morgan fingerprint density at radius 3 is 2.96 bits per heavy atom. The first kappa shape index (κ1) is 14.3. The first-order valence-electron chi connectivity index (χ1n) is 7.54. The van der Waals surface area contributed by atoms with Gasteiger partial charge in [0.05, 0.1) is 16.9 Å². The summed E-state index contributed by atoms with van der Waals surface area (Å²) in [6.07, 6.45) is 2.48. The van der Waals surface area contributed by atoms with Gasteiger partial charge < -0.3 is 10.2 Å². The van der Waals surface area contributed by atoms with Crippen LogP contribution in [0.25, 0.3) is 0 Å². The number of nitrogens with one attached hydrogen (secondary N) is 2. The molecular formula is C16H15ClN4O2. The fourth-order valence-electron chi connectivity index (χ4n) is 3.67. The number of carbonyl (C=O) groups is 2. The molecule has 4 rings (SSSR count). The molecule has 3 heterocycles. The molecule has 1 spiro atoms. The minimum absolute atomic E-state index is 0.0614. The molecule has 1 unspecified atom stereocenters. The van der Waals surface area contributed by atoms with Crippen LogP contribution in [0.4, 0.5) is 11.5 Å². The summed E-state index contributed by atoms with van der Waals surface area (Å²) in [5.74, 6) is 0.165. The van der Waals surface area contributed by atoms with E-state index in [1.807, 2.05) is 19.1 Å². The summed E-state index contributed by atoms with van der Waals surface area (Å²) in [4.78, 5) is 27.3. The monoisotopic (exact) mass is 330 g/mol. The van der Waals surface area contributed by atoms with Crippen LogP contribution in [0.3, 0.4) is 0 Å². The van der Waals surface area contributed by atoms with Crippen molar-refractivity contribution >= 4 is 34.9 Å². The van der Waals surface area contributed by atoms with Gasteiger partial charge in [0, 0.05) is 18.5 Å². The fourth-order valence-corrected chi connectivity index (χ4v) is 3.95. The molecule has 2 amide bonds. The summed E-state index contributed by atoms with van der Waals surface area (Å²) in [5, 5.41) is 10.0. The van der Waals surface area contributed by atoms with Gasteiger partial charge in [0.15, 0.2) is 0 Å². The first-order valence-corrected chi connectivity index (χ1v) is 7.92. The number of amides is 2. The number of para-hydroxylation sites is 1.